The zero-order chi connectivity index (χ0) is 8.39. The molecule has 3 nitrogen and oxygen atoms in total. The summed E-state index contributed by atoms with van der Waals surface area (Å²) in [6.45, 7) is 1.40. The van der Waals surface area contributed by atoms with Crippen LogP contribution in [0.1, 0.15) is 5.56 Å². The van der Waals surface area contributed by atoms with Gasteiger partial charge in [0.15, 0.2) is 0 Å². The molecule has 1 aliphatic rings. The van der Waals surface area contributed by atoms with Crippen molar-refractivity contribution in [2.24, 2.45) is 4.99 Å². The summed E-state index contributed by atoms with van der Waals surface area (Å²) >= 11 is 5.63. The summed E-state index contributed by atoms with van der Waals surface area (Å²) in [6, 6.07) is 3.57. The molecule has 0 spiro atoms. The molecule has 0 aliphatic carbocycles. The molecule has 0 aromatic carbocycles. The van der Waals surface area contributed by atoms with Crippen molar-refractivity contribution in [2.45, 2.75) is 0 Å². The summed E-state index contributed by atoms with van der Waals surface area (Å²) in [4.78, 5) is 8.08. The van der Waals surface area contributed by atoms with Gasteiger partial charge in [0.1, 0.15) is 11.8 Å². The van der Waals surface area contributed by atoms with Gasteiger partial charge in [-0.1, -0.05) is 11.6 Å². The first-order valence-corrected chi connectivity index (χ1v) is 4.03. The number of aliphatic imine (C=N–C) groups is 1. The Morgan fingerprint density at radius 3 is 2.92 bits per heavy atom. The van der Waals surface area contributed by atoms with Crippen molar-refractivity contribution in [3.8, 4) is 0 Å². The van der Waals surface area contributed by atoms with E-state index >= 15 is 0 Å². The van der Waals surface area contributed by atoms with E-state index in [1.54, 1.807) is 12.3 Å². The van der Waals surface area contributed by atoms with E-state index < -0.39 is 0 Å². The van der Waals surface area contributed by atoms with Gasteiger partial charge in [-0.3, -0.25) is 0 Å². The zero-order valence-corrected chi connectivity index (χ0v) is 7.08. The SMILES string of the molecule is Clc1ccc(C2=NCCO2)cn1. The van der Waals surface area contributed by atoms with Gasteiger partial charge in [0.05, 0.1) is 12.1 Å². The van der Waals surface area contributed by atoms with Crippen molar-refractivity contribution in [2.75, 3.05) is 13.2 Å². The molecule has 0 unspecified atom stereocenters. The molecule has 0 saturated carbocycles. The van der Waals surface area contributed by atoms with Crippen LogP contribution in [0.4, 0.5) is 0 Å². The second-order valence-corrected chi connectivity index (χ2v) is 2.79. The average molecular weight is 183 g/mol. The lowest BCUT2D eigenvalue weighted by molar-refractivity contribution is 0.348. The van der Waals surface area contributed by atoms with Crippen LogP contribution in [0.3, 0.4) is 0 Å². The summed E-state index contributed by atoms with van der Waals surface area (Å²) in [7, 11) is 0. The predicted octanol–water partition coefficient (Wildman–Crippen LogP) is 1.51. The Labute approximate surface area is 75.1 Å². The number of hydrogen-bond acceptors (Lipinski definition) is 3. The topological polar surface area (TPSA) is 34.5 Å². The minimum Gasteiger partial charge on any atom is -0.475 e. The smallest absolute Gasteiger partial charge is 0.217 e. The Morgan fingerprint density at radius 2 is 2.33 bits per heavy atom. The fourth-order valence-electron chi connectivity index (χ4n) is 1.01. The predicted molar refractivity (Wildman–Crippen MR) is 46.6 cm³/mol. The molecular weight excluding hydrogens is 176 g/mol. The standard InChI is InChI=1S/C8H7ClN2O/c9-7-2-1-6(5-11-7)8-10-3-4-12-8/h1-2,5H,3-4H2. The number of ether oxygens (including phenoxy) is 1. The van der Waals surface area contributed by atoms with E-state index in [1.807, 2.05) is 6.07 Å². The van der Waals surface area contributed by atoms with E-state index in [0.717, 1.165) is 12.1 Å². The fraction of sp³-hybridized carbons (Fsp3) is 0.250. The summed E-state index contributed by atoms with van der Waals surface area (Å²) < 4.78 is 5.25. The molecule has 0 amide bonds. The second-order valence-electron chi connectivity index (χ2n) is 2.40. The molecule has 0 atom stereocenters. The first kappa shape index (κ1) is 7.55. The highest BCUT2D eigenvalue weighted by molar-refractivity contribution is 6.29. The average Bonchev–Trinajstić information content (AvgIpc) is 2.58. The van der Waals surface area contributed by atoms with Crippen LogP contribution in [0.15, 0.2) is 23.3 Å². The third-order valence-electron chi connectivity index (χ3n) is 1.56. The quantitative estimate of drug-likeness (QED) is 0.617. The monoisotopic (exact) mass is 182 g/mol. The molecule has 0 radical (unpaired) electrons. The summed E-state index contributed by atoms with van der Waals surface area (Å²) in [5.74, 6) is 0.666. The molecule has 2 heterocycles. The summed E-state index contributed by atoms with van der Waals surface area (Å²) in [6.07, 6.45) is 1.66. The zero-order valence-electron chi connectivity index (χ0n) is 6.33. The molecule has 62 valence electrons. The lowest BCUT2D eigenvalue weighted by Crippen LogP contribution is -2.00. The Bertz CT molecular complexity index is 307. The number of aromatic nitrogens is 1. The maximum absolute atomic E-state index is 5.63. The van der Waals surface area contributed by atoms with Crippen molar-refractivity contribution in [1.29, 1.82) is 0 Å². The lowest BCUT2D eigenvalue weighted by atomic mass is 10.3. The van der Waals surface area contributed by atoms with Gasteiger partial charge in [0, 0.05) is 6.20 Å². The Balaban J connectivity index is 2.28. The van der Waals surface area contributed by atoms with Gasteiger partial charge in [0.25, 0.3) is 0 Å². The highest BCUT2D eigenvalue weighted by Crippen LogP contribution is 2.09. The summed E-state index contributed by atoms with van der Waals surface area (Å²) in [5.41, 5.74) is 0.886. The van der Waals surface area contributed by atoms with Crippen LogP contribution in [-0.2, 0) is 4.74 Å². The molecule has 4 heteroatoms. The minimum atomic E-state index is 0.484. The molecule has 12 heavy (non-hydrogen) atoms. The van der Waals surface area contributed by atoms with Crippen LogP contribution < -0.4 is 0 Å². The van der Waals surface area contributed by atoms with Gasteiger partial charge in [0.2, 0.25) is 5.90 Å². The largest absolute Gasteiger partial charge is 0.475 e. The van der Waals surface area contributed by atoms with Crippen LogP contribution >= 0.6 is 11.6 Å². The van der Waals surface area contributed by atoms with E-state index in [1.165, 1.54) is 0 Å². The van der Waals surface area contributed by atoms with E-state index in [0.29, 0.717) is 17.7 Å². The van der Waals surface area contributed by atoms with Gasteiger partial charge < -0.3 is 4.74 Å². The van der Waals surface area contributed by atoms with Crippen molar-refractivity contribution in [3.63, 3.8) is 0 Å². The molecule has 0 N–H and O–H groups in total. The molecular formula is C8H7ClN2O. The number of nitrogens with zero attached hydrogens (tertiary/aromatic N) is 2. The lowest BCUT2D eigenvalue weighted by Gasteiger charge is -1.99. The van der Waals surface area contributed by atoms with Gasteiger partial charge >= 0.3 is 0 Å². The van der Waals surface area contributed by atoms with Crippen molar-refractivity contribution in [1.82, 2.24) is 4.98 Å². The maximum Gasteiger partial charge on any atom is 0.217 e. The van der Waals surface area contributed by atoms with Crippen molar-refractivity contribution in [3.05, 3.63) is 29.0 Å². The molecule has 1 aliphatic heterocycles. The highest BCUT2D eigenvalue weighted by atomic mass is 35.5. The van der Waals surface area contributed by atoms with Crippen LogP contribution in [0, 0.1) is 0 Å². The van der Waals surface area contributed by atoms with Crippen LogP contribution in [0.25, 0.3) is 0 Å². The van der Waals surface area contributed by atoms with E-state index in [4.69, 9.17) is 16.3 Å². The minimum absolute atomic E-state index is 0.484. The fourth-order valence-corrected chi connectivity index (χ4v) is 1.12. The maximum atomic E-state index is 5.63. The Hall–Kier alpha value is -1.09. The number of pyridine rings is 1. The Morgan fingerprint density at radius 1 is 1.42 bits per heavy atom. The molecule has 0 bridgehead atoms. The third-order valence-corrected chi connectivity index (χ3v) is 1.78. The molecule has 2 rings (SSSR count). The molecule has 1 aromatic rings. The van der Waals surface area contributed by atoms with E-state index in [-0.39, 0.29) is 0 Å². The molecule has 1 aromatic heterocycles. The first-order valence-electron chi connectivity index (χ1n) is 3.65. The number of halogens is 1. The first-order chi connectivity index (χ1) is 5.86. The summed E-state index contributed by atoms with van der Waals surface area (Å²) in [5, 5.41) is 0.484. The van der Waals surface area contributed by atoms with Gasteiger partial charge in [-0.15, -0.1) is 0 Å². The van der Waals surface area contributed by atoms with Crippen molar-refractivity contribution >= 4 is 17.5 Å². The normalized spacial score (nSPS) is 15.6. The van der Waals surface area contributed by atoms with E-state index in [9.17, 15) is 0 Å². The second kappa shape index (κ2) is 3.11. The van der Waals surface area contributed by atoms with Crippen molar-refractivity contribution < 1.29 is 4.74 Å². The van der Waals surface area contributed by atoms with Gasteiger partial charge in [-0.05, 0) is 12.1 Å². The molecule has 0 fully saturated rings. The van der Waals surface area contributed by atoms with Crippen LogP contribution in [0.5, 0.6) is 0 Å². The van der Waals surface area contributed by atoms with Crippen LogP contribution in [-0.4, -0.2) is 24.0 Å². The van der Waals surface area contributed by atoms with Gasteiger partial charge in [-0.25, -0.2) is 9.98 Å². The van der Waals surface area contributed by atoms with E-state index in [2.05, 4.69) is 9.98 Å². The number of rotatable bonds is 1. The molecule has 0 saturated heterocycles. The van der Waals surface area contributed by atoms with Crippen LogP contribution in [0.2, 0.25) is 5.15 Å². The Kier molecular flexibility index (Phi) is 1.96. The van der Waals surface area contributed by atoms with Gasteiger partial charge in [-0.2, -0.15) is 0 Å². The third kappa shape index (κ3) is 1.41. The highest BCUT2D eigenvalue weighted by Gasteiger charge is 2.09. The number of hydrogen-bond donors (Lipinski definition) is 0.